The van der Waals surface area contributed by atoms with Crippen LogP contribution >= 0.6 is 0 Å². The summed E-state index contributed by atoms with van der Waals surface area (Å²) >= 11 is 0. The van der Waals surface area contributed by atoms with E-state index in [0.29, 0.717) is 11.3 Å². The fraction of sp³-hybridized carbons (Fsp3) is 0.136. The molecule has 3 aromatic rings. The number of para-hydroxylation sites is 1. The van der Waals surface area contributed by atoms with E-state index in [1.54, 1.807) is 30.5 Å². The van der Waals surface area contributed by atoms with E-state index in [2.05, 4.69) is 15.6 Å². The second-order valence-electron chi connectivity index (χ2n) is 6.41. The third-order valence-corrected chi connectivity index (χ3v) is 4.27. The standard InChI is InChI=1S/C22H21N3O2/c1-14-6-4-7-15(2)21(14)25-22(27)20-13-19(10-11-23-20)24-18-9-5-8-17(12-18)16(3)26/h4-13H,1-3H3,(H,23,24)(H,25,27). The molecule has 0 aliphatic carbocycles. The topological polar surface area (TPSA) is 71.1 Å². The number of benzene rings is 2. The average Bonchev–Trinajstić information content (AvgIpc) is 2.65. The predicted octanol–water partition coefficient (Wildman–Crippen LogP) is 4.90. The average molecular weight is 359 g/mol. The molecule has 3 rings (SSSR count). The number of carbonyl (C=O) groups is 2. The van der Waals surface area contributed by atoms with Crippen LogP contribution in [0.4, 0.5) is 17.1 Å². The van der Waals surface area contributed by atoms with Gasteiger partial charge in [0.25, 0.3) is 5.91 Å². The molecule has 0 bridgehead atoms. The minimum atomic E-state index is -0.270. The van der Waals surface area contributed by atoms with Gasteiger partial charge in [-0.1, -0.05) is 30.3 Å². The number of ketones is 1. The summed E-state index contributed by atoms with van der Waals surface area (Å²) in [5.41, 5.74) is 5.23. The maximum absolute atomic E-state index is 12.6. The second-order valence-corrected chi connectivity index (χ2v) is 6.41. The quantitative estimate of drug-likeness (QED) is 0.636. The van der Waals surface area contributed by atoms with Gasteiger partial charge < -0.3 is 10.6 Å². The maximum atomic E-state index is 12.6. The molecule has 0 aliphatic heterocycles. The molecule has 0 saturated heterocycles. The summed E-state index contributed by atoms with van der Waals surface area (Å²) in [5.74, 6) is -0.268. The fourth-order valence-corrected chi connectivity index (χ4v) is 2.80. The number of rotatable bonds is 5. The fourth-order valence-electron chi connectivity index (χ4n) is 2.80. The van der Waals surface area contributed by atoms with E-state index >= 15 is 0 Å². The van der Waals surface area contributed by atoms with E-state index in [4.69, 9.17) is 0 Å². The number of aryl methyl sites for hydroxylation is 2. The van der Waals surface area contributed by atoms with Crippen LogP contribution in [0.5, 0.6) is 0 Å². The number of hydrogen-bond acceptors (Lipinski definition) is 4. The first-order chi connectivity index (χ1) is 12.9. The van der Waals surface area contributed by atoms with Gasteiger partial charge in [-0.3, -0.25) is 14.6 Å². The lowest BCUT2D eigenvalue weighted by atomic mass is 10.1. The van der Waals surface area contributed by atoms with Crippen molar-refractivity contribution in [3.05, 3.63) is 83.2 Å². The third kappa shape index (κ3) is 4.39. The van der Waals surface area contributed by atoms with E-state index in [1.165, 1.54) is 6.92 Å². The number of nitrogens with zero attached hydrogens (tertiary/aromatic N) is 1. The van der Waals surface area contributed by atoms with Crippen molar-refractivity contribution >= 4 is 28.8 Å². The molecule has 1 heterocycles. The summed E-state index contributed by atoms with van der Waals surface area (Å²) in [6.45, 7) is 5.44. The number of aromatic nitrogens is 1. The van der Waals surface area contributed by atoms with Gasteiger partial charge in [0.1, 0.15) is 5.69 Å². The third-order valence-electron chi connectivity index (χ3n) is 4.27. The lowest BCUT2D eigenvalue weighted by Crippen LogP contribution is -2.15. The predicted molar refractivity (Wildman–Crippen MR) is 108 cm³/mol. The Balaban J connectivity index is 1.80. The molecule has 27 heavy (non-hydrogen) atoms. The van der Waals surface area contributed by atoms with Gasteiger partial charge in [0.2, 0.25) is 0 Å². The smallest absolute Gasteiger partial charge is 0.274 e. The monoisotopic (exact) mass is 359 g/mol. The minimum absolute atomic E-state index is 0.00189. The Morgan fingerprint density at radius 2 is 1.56 bits per heavy atom. The van der Waals surface area contributed by atoms with E-state index in [9.17, 15) is 9.59 Å². The van der Waals surface area contributed by atoms with E-state index in [-0.39, 0.29) is 11.7 Å². The molecule has 1 amide bonds. The van der Waals surface area contributed by atoms with Gasteiger partial charge in [0, 0.05) is 28.8 Å². The van der Waals surface area contributed by atoms with Crippen LogP contribution in [0, 0.1) is 13.8 Å². The molecule has 0 fully saturated rings. The molecule has 5 heteroatoms. The first-order valence-corrected chi connectivity index (χ1v) is 8.65. The minimum Gasteiger partial charge on any atom is -0.355 e. The Morgan fingerprint density at radius 1 is 0.889 bits per heavy atom. The van der Waals surface area contributed by atoms with Crippen molar-refractivity contribution < 1.29 is 9.59 Å². The van der Waals surface area contributed by atoms with E-state index in [1.807, 2.05) is 44.2 Å². The molecule has 2 aromatic carbocycles. The van der Waals surface area contributed by atoms with Crippen LogP contribution < -0.4 is 10.6 Å². The van der Waals surface area contributed by atoms with Gasteiger partial charge in [-0.2, -0.15) is 0 Å². The van der Waals surface area contributed by atoms with Crippen molar-refractivity contribution in [2.75, 3.05) is 10.6 Å². The maximum Gasteiger partial charge on any atom is 0.274 e. The number of anilines is 3. The summed E-state index contributed by atoms with van der Waals surface area (Å²) in [4.78, 5) is 28.3. The Labute approximate surface area is 158 Å². The van der Waals surface area contributed by atoms with Gasteiger partial charge in [0.05, 0.1) is 0 Å². The summed E-state index contributed by atoms with van der Waals surface area (Å²) in [7, 11) is 0. The largest absolute Gasteiger partial charge is 0.355 e. The molecule has 0 spiro atoms. The van der Waals surface area contributed by atoms with Crippen molar-refractivity contribution in [3.8, 4) is 0 Å². The highest BCUT2D eigenvalue weighted by atomic mass is 16.2. The highest BCUT2D eigenvalue weighted by Gasteiger charge is 2.12. The SMILES string of the molecule is CC(=O)c1cccc(Nc2ccnc(C(=O)Nc3c(C)cccc3C)c2)c1. The van der Waals surface area contributed by atoms with Crippen LogP contribution in [0.15, 0.2) is 60.8 Å². The van der Waals surface area contributed by atoms with Crippen LogP contribution in [0.1, 0.15) is 38.9 Å². The zero-order valence-electron chi connectivity index (χ0n) is 15.5. The number of hydrogen-bond donors (Lipinski definition) is 2. The second kappa shape index (κ2) is 7.83. The Morgan fingerprint density at radius 3 is 2.26 bits per heavy atom. The zero-order valence-corrected chi connectivity index (χ0v) is 15.5. The molecule has 136 valence electrons. The van der Waals surface area contributed by atoms with Crippen molar-refractivity contribution in [1.82, 2.24) is 4.98 Å². The number of pyridine rings is 1. The van der Waals surface area contributed by atoms with Crippen LogP contribution in [0.2, 0.25) is 0 Å². The van der Waals surface area contributed by atoms with E-state index in [0.717, 1.165) is 28.2 Å². The zero-order chi connectivity index (χ0) is 19.4. The first kappa shape index (κ1) is 18.3. The van der Waals surface area contributed by atoms with Crippen LogP contribution in [-0.2, 0) is 0 Å². The molecule has 2 N–H and O–H groups in total. The summed E-state index contributed by atoms with van der Waals surface area (Å²) in [6, 6.07) is 16.5. The Bertz CT molecular complexity index is 992. The highest BCUT2D eigenvalue weighted by molar-refractivity contribution is 6.04. The lowest BCUT2D eigenvalue weighted by molar-refractivity contribution is 0.101. The van der Waals surface area contributed by atoms with E-state index < -0.39 is 0 Å². The molecule has 0 aliphatic rings. The van der Waals surface area contributed by atoms with Crippen molar-refractivity contribution in [2.24, 2.45) is 0 Å². The molecule has 5 nitrogen and oxygen atoms in total. The molecule has 0 saturated carbocycles. The van der Waals surface area contributed by atoms with Gasteiger partial charge in [-0.15, -0.1) is 0 Å². The molecule has 0 radical (unpaired) electrons. The van der Waals surface area contributed by atoms with Gasteiger partial charge in [-0.05, 0) is 56.2 Å². The van der Waals surface area contributed by atoms with Crippen LogP contribution in [-0.4, -0.2) is 16.7 Å². The number of Topliss-reactive ketones (excluding diaryl/α,β-unsaturated/α-hetero) is 1. The van der Waals surface area contributed by atoms with Crippen molar-refractivity contribution in [1.29, 1.82) is 0 Å². The highest BCUT2D eigenvalue weighted by Crippen LogP contribution is 2.22. The van der Waals surface area contributed by atoms with Crippen LogP contribution in [0.3, 0.4) is 0 Å². The van der Waals surface area contributed by atoms with Crippen LogP contribution in [0.25, 0.3) is 0 Å². The Kier molecular flexibility index (Phi) is 5.31. The summed E-state index contributed by atoms with van der Waals surface area (Å²) in [6.07, 6.45) is 1.58. The number of nitrogens with one attached hydrogen (secondary N) is 2. The number of carbonyl (C=O) groups excluding carboxylic acids is 2. The molecular weight excluding hydrogens is 338 g/mol. The number of amides is 1. The lowest BCUT2D eigenvalue weighted by Gasteiger charge is -2.12. The van der Waals surface area contributed by atoms with Gasteiger partial charge in [-0.25, -0.2) is 0 Å². The van der Waals surface area contributed by atoms with Gasteiger partial charge >= 0.3 is 0 Å². The molecule has 0 atom stereocenters. The van der Waals surface area contributed by atoms with Crippen molar-refractivity contribution in [2.45, 2.75) is 20.8 Å². The normalized spacial score (nSPS) is 10.3. The molecule has 0 unspecified atom stereocenters. The first-order valence-electron chi connectivity index (χ1n) is 8.65. The van der Waals surface area contributed by atoms with Crippen molar-refractivity contribution in [3.63, 3.8) is 0 Å². The summed E-state index contributed by atoms with van der Waals surface area (Å²) < 4.78 is 0. The molecular formula is C22H21N3O2. The van der Waals surface area contributed by atoms with Gasteiger partial charge in [0.15, 0.2) is 5.78 Å². The Hall–Kier alpha value is -3.47. The summed E-state index contributed by atoms with van der Waals surface area (Å²) in [5, 5.41) is 6.14. The molecule has 1 aromatic heterocycles.